The molecule has 1 fully saturated rings. The second-order valence-corrected chi connectivity index (χ2v) is 6.11. The van der Waals surface area contributed by atoms with Gasteiger partial charge in [0.05, 0.1) is 5.70 Å². The molecule has 0 radical (unpaired) electrons. The first kappa shape index (κ1) is 20.4. The van der Waals surface area contributed by atoms with E-state index < -0.39 is 0 Å². The quantitative estimate of drug-likeness (QED) is 0.471. The van der Waals surface area contributed by atoms with E-state index in [1.165, 1.54) is 18.2 Å². The standard InChI is InChI=1S/C21H27FN4O/c1-4-7-19(24-18-10-8-17(22)9-11-18)21(23-12-5-2)26-15-13-25(14-16-26)20(27)6-3/h5-12,24H,3-4,13-16H2,1-2H3/b12-5-,19-7-,23-21-. The molecule has 0 aliphatic carbocycles. The molecule has 1 saturated heterocycles. The number of rotatable bonds is 6. The molecule has 0 unspecified atom stereocenters. The maximum atomic E-state index is 13.2. The molecular weight excluding hydrogens is 343 g/mol. The highest BCUT2D eigenvalue weighted by atomic mass is 19.1. The summed E-state index contributed by atoms with van der Waals surface area (Å²) in [5.41, 5.74) is 1.66. The van der Waals surface area contributed by atoms with Crippen molar-refractivity contribution < 1.29 is 9.18 Å². The van der Waals surface area contributed by atoms with Crippen LogP contribution in [0, 0.1) is 5.82 Å². The van der Waals surface area contributed by atoms with Crippen molar-refractivity contribution >= 4 is 17.4 Å². The molecule has 1 aliphatic rings. The van der Waals surface area contributed by atoms with Crippen LogP contribution in [0.25, 0.3) is 0 Å². The third-order valence-corrected chi connectivity index (χ3v) is 4.18. The van der Waals surface area contributed by atoms with Crippen LogP contribution in [-0.4, -0.2) is 47.7 Å². The van der Waals surface area contributed by atoms with Crippen molar-refractivity contribution in [2.45, 2.75) is 20.3 Å². The van der Waals surface area contributed by atoms with Gasteiger partial charge >= 0.3 is 0 Å². The molecule has 1 heterocycles. The third-order valence-electron chi connectivity index (χ3n) is 4.18. The highest BCUT2D eigenvalue weighted by molar-refractivity contribution is 6.01. The van der Waals surface area contributed by atoms with Crippen LogP contribution in [0.2, 0.25) is 0 Å². The monoisotopic (exact) mass is 370 g/mol. The molecule has 0 saturated carbocycles. The average Bonchev–Trinajstić information content (AvgIpc) is 2.70. The van der Waals surface area contributed by atoms with Crippen molar-refractivity contribution in [1.29, 1.82) is 0 Å². The van der Waals surface area contributed by atoms with Gasteiger partial charge in [0.25, 0.3) is 0 Å². The molecule has 0 spiro atoms. The Bertz CT molecular complexity index is 729. The number of aliphatic imine (C=N–C) groups is 1. The number of halogens is 1. The van der Waals surface area contributed by atoms with Crippen molar-refractivity contribution in [3.8, 4) is 0 Å². The molecule has 1 aromatic carbocycles. The predicted molar refractivity (Wildman–Crippen MR) is 109 cm³/mol. The maximum Gasteiger partial charge on any atom is 0.246 e. The van der Waals surface area contributed by atoms with Crippen molar-refractivity contribution in [3.05, 3.63) is 66.8 Å². The lowest BCUT2D eigenvalue weighted by atomic mass is 10.2. The average molecular weight is 370 g/mol. The van der Waals surface area contributed by atoms with E-state index in [2.05, 4.69) is 34.8 Å². The van der Waals surface area contributed by atoms with Gasteiger partial charge in [0.15, 0.2) is 5.84 Å². The molecule has 0 bridgehead atoms. The van der Waals surface area contributed by atoms with Crippen LogP contribution in [0.15, 0.2) is 66.0 Å². The fourth-order valence-electron chi connectivity index (χ4n) is 2.83. The largest absolute Gasteiger partial charge is 0.353 e. The number of carbonyl (C=O) groups excluding carboxylic acids is 1. The van der Waals surface area contributed by atoms with Gasteiger partial charge in [0, 0.05) is 38.1 Å². The Morgan fingerprint density at radius 2 is 1.85 bits per heavy atom. The minimum absolute atomic E-state index is 0.0460. The van der Waals surface area contributed by atoms with Crippen molar-refractivity contribution in [2.24, 2.45) is 4.99 Å². The predicted octanol–water partition coefficient (Wildman–Crippen LogP) is 3.79. The number of hydrogen-bond acceptors (Lipinski definition) is 3. The summed E-state index contributed by atoms with van der Waals surface area (Å²) in [6, 6.07) is 6.25. The number of amides is 1. The number of nitrogens with zero attached hydrogens (tertiary/aromatic N) is 3. The summed E-state index contributed by atoms with van der Waals surface area (Å²) in [7, 11) is 0. The highest BCUT2D eigenvalue weighted by Gasteiger charge is 2.23. The van der Waals surface area contributed by atoms with E-state index in [1.54, 1.807) is 23.2 Å². The molecule has 0 atom stereocenters. The second-order valence-electron chi connectivity index (χ2n) is 6.11. The molecule has 5 nitrogen and oxygen atoms in total. The van der Waals surface area contributed by atoms with Crippen LogP contribution >= 0.6 is 0 Å². The van der Waals surface area contributed by atoms with E-state index in [9.17, 15) is 9.18 Å². The summed E-state index contributed by atoms with van der Waals surface area (Å²) in [6.07, 6.45) is 7.87. The molecule has 1 N–H and O–H groups in total. The lowest BCUT2D eigenvalue weighted by Crippen LogP contribution is -2.51. The van der Waals surface area contributed by atoms with Crippen LogP contribution in [0.3, 0.4) is 0 Å². The molecule has 144 valence electrons. The number of anilines is 1. The first-order valence-corrected chi connectivity index (χ1v) is 9.17. The summed E-state index contributed by atoms with van der Waals surface area (Å²) >= 11 is 0. The highest BCUT2D eigenvalue weighted by Crippen LogP contribution is 2.16. The van der Waals surface area contributed by atoms with E-state index in [4.69, 9.17) is 0 Å². The minimum Gasteiger partial charge on any atom is -0.353 e. The smallest absolute Gasteiger partial charge is 0.246 e. The number of carbonyl (C=O) groups is 1. The lowest BCUT2D eigenvalue weighted by Gasteiger charge is -2.36. The van der Waals surface area contributed by atoms with E-state index in [-0.39, 0.29) is 11.7 Å². The molecule has 0 aromatic heterocycles. The van der Waals surface area contributed by atoms with Crippen LogP contribution < -0.4 is 5.32 Å². The van der Waals surface area contributed by atoms with Crippen LogP contribution in [0.1, 0.15) is 20.3 Å². The number of allylic oxidation sites excluding steroid dienone is 2. The normalized spacial score (nSPS) is 16.0. The topological polar surface area (TPSA) is 47.9 Å². The first-order valence-electron chi connectivity index (χ1n) is 9.17. The number of benzene rings is 1. The first-order chi connectivity index (χ1) is 13.1. The van der Waals surface area contributed by atoms with E-state index in [0.717, 1.165) is 23.6 Å². The molecule has 1 aliphatic heterocycles. The SMILES string of the molecule is C=CC(=O)N1CCN(C(=N\C=C/C)/C(=C/CC)Nc2ccc(F)cc2)CC1. The van der Waals surface area contributed by atoms with Gasteiger partial charge in [-0.25, -0.2) is 9.38 Å². The molecular formula is C21H27FN4O. The van der Waals surface area contributed by atoms with Gasteiger partial charge in [-0.3, -0.25) is 4.79 Å². The Labute approximate surface area is 160 Å². The summed E-state index contributed by atoms with van der Waals surface area (Å²) in [5.74, 6) is 0.493. The third kappa shape index (κ3) is 5.81. The van der Waals surface area contributed by atoms with Crippen molar-refractivity contribution in [3.63, 3.8) is 0 Å². The molecule has 1 amide bonds. The summed E-state index contributed by atoms with van der Waals surface area (Å²) in [5, 5.41) is 3.35. The molecule has 6 heteroatoms. The van der Waals surface area contributed by atoms with Gasteiger partial charge in [-0.15, -0.1) is 0 Å². The zero-order chi connectivity index (χ0) is 19.6. The van der Waals surface area contributed by atoms with Crippen LogP contribution in [-0.2, 0) is 4.79 Å². The number of amidine groups is 1. The Morgan fingerprint density at radius 3 is 2.41 bits per heavy atom. The van der Waals surface area contributed by atoms with Gasteiger partial charge in [0.2, 0.25) is 5.91 Å². The molecule has 27 heavy (non-hydrogen) atoms. The van der Waals surface area contributed by atoms with Gasteiger partial charge in [-0.2, -0.15) is 0 Å². The Hall–Kier alpha value is -2.89. The van der Waals surface area contributed by atoms with Gasteiger partial charge in [0.1, 0.15) is 5.82 Å². The Balaban J connectivity index is 2.22. The van der Waals surface area contributed by atoms with E-state index in [1.807, 2.05) is 13.0 Å². The Kier molecular flexibility index (Phi) is 7.79. The van der Waals surface area contributed by atoms with Crippen LogP contribution in [0.4, 0.5) is 10.1 Å². The molecule has 1 aromatic rings. The summed E-state index contributed by atoms with van der Waals surface area (Å²) < 4.78 is 13.2. The minimum atomic E-state index is -0.271. The zero-order valence-electron chi connectivity index (χ0n) is 16.0. The van der Waals surface area contributed by atoms with Gasteiger partial charge in [-0.05, 0) is 43.7 Å². The summed E-state index contributed by atoms with van der Waals surface area (Å²) in [6.45, 7) is 10.1. The summed E-state index contributed by atoms with van der Waals surface area (Å²) in [4.78, 5) is 20.4. The van der Waals surface area contributed by atoms with Crippen molar-refractivity contribution in [1.82, 2.24) is 9.80 Å². The van der Waals surface area contributed by atoms with Crippen molar-refractivity contribution in [2.75, 3.05) is 31.5 Å². The van der Waals surface area contributed by atoms with E-state index >= 15 is 0 Å². The maximum absolute atomic E-state index is 13.2. The van der Waals surface area contributed by atoms with Gasteiger partial charge in [-0.1, -0.05) is 25.7 Å². The lowest BCUT2D eigenvalue weighted by molar-refractivity contribution is -0.127. The Morgan fingerprint density at radius 1 is 1.22 bits per heavy atom. The second kappa shape index (κ2) is 10.3. The van der Waals surface area contributed by atoms with Crippen LogP contribution in [0.5, 0.6) is 0 Å². The van der Waals surface area contributed by atoms with E-state index in [0.29, 0.717) is 26.2 Å². The number of nitrogens with one attached hydrogen (secondary N) is 1. The fourth-order valence-corrected chi connectivity index (χ4v) is 2.83. The fraction of sp³-hybridized carbons (Fsp3) is 0.333. The zero-order valence-corrected chi connectivity index (χ0v) is 16.0. The van der Waals surface area contributed by atoms with Gasteiger partial charge < -0.3 is 15.1 Å². The molecule has 2 rings (SSSR count). The number of piperazine rings is 1. The number of hydrogen-bond donors (Lipinski definition) is 1.